The Hall–Kier alpha value is -1.09. The van der Waals surface area contributed by atoms with Gasteiger partial charge in [-0.25, -0.2) is 0 Å². The van der Waals surface area contributed by atoms with Crippen LogP contribution >= 0.6 is 23.2 Å². The lowest BCUT2D eigenvalue weighted by Gasteiger charge is -2.12. The zero-order chi connectivity index (χ0) is 11.5. The van der Waals surface area contributed by atoms with Crippen LogP contribution in [0.15, 0.2) is 42.7 Å². The number of hydrogen-bond acceptors (Lipinski definition) is 2. The maximum atomic E-state index is 6.00. The molecule has 0 amide bonds. The zero-order valence-electron chi connectivity index (χ0n) is 9.53. The topological polar surface area (TPSA) is 47.9 Å². The van der Waals surface area contributed by atoms with Gasteiger partial charge in [-0.1, -0.05) is 42.3 Å². The largest absolute Gasteiger partial charge is 0.344 e. The summed E-state index contributed by atoms with van der Waals surface area (Å²) in [5, 5.41) is 1.18. The molecule has 0 fully saturated rings. The van der Waals surface area contributed by atoms with Gasteiger partial charge in [0.2, 0.25) is 0 Å². The molecule has 0 spiro atoms. The third-order valence-electron chi connectivity index (χ3n) is 2.63. The van der Waals surface area contributed by atoms with E-state index < -0.39 is 0 Å². The van der Waals surface area contributed by atoms with Gasteiger partial charge in [0.1, 0.15) is 0 Å². The van der Waals surface area contributed by atoms with Crippen LogP contribution in [0.1, 0.15) is 24.0 Å². The van der Waals surface area contributed by atoms with Crippen molar-refractivity contribution in [2.75, 3.05) is 0 Å². The van der Waals surface area contributed by atoms with E-state index in [4.69, 9.17) is 23.2 Å². The highest BCUT2D eigenvalue weighted by atomic mass is 35.5. The predicted molar refractivity (Wildman–Crippen MR) is 73.2 cm³/mol. The van der Waals surface area contributed by atoms with Crippen molar-refractivity contribution in [1.29, 1.82) is 0 Å². The molecule has 2 nitrogen and oxygen atoms in total. The Morgan fingerprint density at radius 2 is 1.82 bits per heavy atom. The van der Waals surface area contributed by atoms with Gasteiger partial charge < -0.3 is 6.15 Å². The fourth-order valence-electron chi connectivity index (χ4n) is 1.61. The minimum absolute atomic E-state index is 0. The van der Waals surface area contributed by atoms with Crippen LogP contribution in [0.4, 0.5) is 0 Å². The molecule has 17 heavy (non-hydrogen) atoms. The van der Waals surface area contributed by atoms with E-state index in [9.17, 15) is 0 Å². The molecule has 1 unspecified atom stereocenters. The number of aromatic nitrogens is 1. The normalized spacial score (nSPS) is 11.7. The fourth-order valence-corrected chi connectivity index (χ4v) is 1.91. The van der Waals surface area contributed by atoms with Crippen molar-refractivity contribution in [2.45, 2.75) is 12.8 Å². The molecule has 0 radical (unpaired) electrons. The van der Waals surface area contributed by atoms with Crippen molar-refractivity contribution in [1.82, 2.24) is 11.1 Å². The van der Waals surface area contributed by atoms with Gasteiger partial charge >= 0.3 is 0 Å². The van der Waals surface area contributed by atoms with Crippen LogP contribution in [0.25, 0.3) is 0 Å². The van der Waals surface area contributed by atoms with E-state index in [1.54, 1.807) is 6.20 Å². The molecule has 0 saturated heterocycles. The number of benzene rings is 1. The number of hydrogen-bond donors (Lipinski definition) is 1. The van der Waals surface area contributed by atoms with Gasteiger partial charge in [-0.3, -0.25) is 4.98 Å². The van der Waals surface area contributed by atoms with Crippen molar-refractivity contribution in [3.05, 3.63) is 63.9 Å². The highest BCUT2D eigenvalue weighted by Crippen LogP contribution is 2.29. The maximum absolute atomic E-state index is 6.00. The van der Waals surface area contributed by atoms with E-state index in [0.717, 1.165) is 5.56 Å². The molecule has 1 atom stereocenters. The molecule has 0 bridgehead atoms. The zero-order valence-corrected chi connectivity index (χ0v) is 11.0. The fraction of sp³-hybridized carbons (Fsp3) is 0.154. The first-order chi connectivity index (χ1) is 7.68. The van der Waals surface area contributed by atoms with Gasteiger partial charge in [-0.2, -0.15) is 0 Å². The molecule has 4 heteroatoms. The summed E-state index contributed by atoms with van der Waals surface area (Å²) in [7, 11) is 0. The van der Waals surface area contributed by atoms with Gasteiger partial charge in [-0.05, 0) is 29.3 Å². The second-order valence-electron chi connectivity index (χ2n) is 3.68. The average Bonchev–Trinajstić information content (AvgIpc) is 2.33. The van der Waals surface area contributed by atoms with Gasteiger partial charge in [0.05, 0.1) is 10.0 Å². The summed E-state index contributed by atoms with van der Waals surface area (Å²) in [5.74, 6) is 0.267. The molecular weight excluding hydrogens is 255 g/mol. The van der Waals surface area contributed by atoms with Crippen LogP contribution in [0.3, 0.4) is 0 Å². The Bertz CT molecular complexity index is 486. The molecule has 3 N–H and O–H groups in total. The van der Waals surface area contributed by atoms with Gasteiger partial charge in [0, 0.05) is 18.3 Å². The predicted octanol–water partition coefficient (Wildman–Crippen LogP) is 4.70. The summed E-state index contributed by atoms with van der Waals surface area (Å²) in [6.07, 6.45) is 3.64. The average molecular weight is 269 g/mol. The molecule has 0 saturated carbocycles. The van der Waals surface area contributed by atoms with E-state index in [-0.39, 0.29) is 12.1 Å². The van der Waals surface area contributed by atoms with Crippen molar-refractivity contribution < 1.29 is 0 Å². The van der Waals surface area contributed by atoms with Crippen LogP contribution < -0.4 is 6.15 Å². The van der Waals surface area contributed by atoms with E-state index in [0.29, 0.717) is 10.0 Å². The highest BCUT2D eigenvalue weighted by molar-refractivity contribution is 6.42. The number of pyridine rings is 1. The first-order valence-corrected chi connectivity index (χ1v) is 5.79. The third kappa shape index (κ3) is 3.19. The minimum atomic E-state index is 0. The second-order valence-corrected chi connectivity index (χ2v) is 4.50. The lowest BCUT2D eigenvalue weighted by Crippen LogP contribution is -1.96. The second kappa shape index (κ2) is 6.01. The third-order valence-corrected chi connectivity index (χ3v) is 3.37. The Morgan fingerprint density at radius 1 is 1.06 bits per heavy atom. The van der Waals surface area contributed by atoms with Gasteiger partial charge in [-0.15, -0.1) is 0 Å². The summed E-state index contributed by atoms with van der Waals surface area (Å²) >= 11 is 11.9. The Morgan fingerprint density at radius 3 is 2.41 bits per heavy atom. The van der Waals surface area contributed by atoms with Crippen LogP contribution in [0.5, 0.6) is 0 Å². The van der Waals surface area contributed by atoms with Crippen molar-refractivity contribution >= 4 is 23.2 Å². The highest BCUT2D eigenvalue weighted by Gasteiger charge is 2.09. The van der Waals surface area contributed by atoms with E-state index in [1.165, 1.54) is 5.56 Å². The summed E-state index contributed by atoms with van der Waals surface area (Å²) in [5.41, 5.74) is 2.31. The first kappa shape index (κ1) is 14.0. The molecule has 2 rings (SSSR count). The molecular formula is C13H14Cl2N2. The standard InChI is InChI=1S/C13H11Cl2N.H3N/c1-9(11-3-2-6-16-8-11)10-4-5-12(14)13(15)7-10;/h2-9H,1H3;1H3. The van der Waals surface area contributed by atoms with E-state index >= 15 is 0 Å². The quantitative estimate of drug-likeness (QED) is 0.858. The summed E-state index contributed by atoms with van der Waals surface area (Å²) < 4.78 is 0. The SMILES string of the molecule is CC(c1cccnc1)c1ccc(Cl)c(Cl)c1.N. The van der Waals surface area contributed by atoms with E-state index in [1.807, 2.05) is 30.5 Å². The number of rotatable bonds is 2. The lowest BCUT2D eigenvalue weighted by atomic mass is 9.95. The van der Waals surface area contributed by atoms with Crippen molar-refractivity contribution in [3.63, 3.8) is 0 Å². The number of halogens is 2. The smallest absolute Gasteiger partial charge is 0.0595 e. The van der Waals surface area contributed by atoms with E-state index in [2.05, 4.69) is 18.0 Å². The lowest BCUT2D eigenvalue weighted by molar-refractivity contribution is 0.911. The minimum Gasteiger partial charge on any atom is -0.344 e. The molecule has 1 aromatic carbocycles. The van der Waals surface area contributed by atoms with Crippen LogP contribution in [0, 0.1) is 0 Å². The molecule has 0 aliphatic carbocycles. The number of nitrogens with zero attached hydrogens (tertiary/aromatic N) is 1. The molecule has 1 aromatic heterocycles. The molecule has 0 aliphatic heterocycles. The van der Waals surface area contributed by atoms with Crippen molar-refractivity contribution in [3.8, 4) is 0 Å². The van der Waals surface area contributed by atoms with Crippen LogP contribution in [0.2, 0.25) is 10.0 Å². The summed E-state index contributed by atoms with van der Waals surface area (Å²) in [6.45, 7) is 2.12. The molecule has 2 aromatic rings. The van der Waals surface area contributed by atoms with Gasteiger partial charge in [0.25, 0.3) is 0 Å². The van der Waals surface area contributed by atoms with Crippen LogP contribution in [-0.2, 0) is 0 Å². The Balaban J connectivity index is 0.00000144. The Kier molecular flexibility index (Phi) is 4.94. The molecule has 0 aliphatic rings. The maximum Gasteiger partial charge on any atom is 0.0595 e. The summed E-state index contributed by atoms with van der Waals surface area (Å²) in [6, 6.07) is 9.71. The van der Waals surface area contributed by atoms with Crippen molar-refractivity contribution in [2.24, 2.45) is 0 Å². The Labute approximate surface area is 111 Å². The molecule has 90 valence electrons. The summed E-state index contributed by atoms with van der Waals surface area (Å²) in [4.78, 5) is 4.11. The molecule has 1 heterocycles. The monoisotopic (exact) mass is 268 g/mol. The first-order valence-electron chi connectivity index (χ1n) is 5.03. The van der Waals surface area contributed by atoms with Crippen LogP contribution in [-0.4, -0.2) is 4.98 Å². The van der Waals surface area contributed by atoms with Gasteiger partial charge in [0.15, 0.2) is 0 Å².